The molecule has 0 amide bonds. The topological polar surface area (TPSA) is 89.7 Å². The molecule has 0 aliphatic heterocycles. The number of nitro benzene ring substituents is 1. The Kier molecular flexibility index (Phi) is 3.06. The predicted molar refractivity (Wildman–Crippen MR) is 49.4 cm³/mol. The van der Waals surface area contributed by atoms with Crippen LogP contribution in [0.2, 0.25) is 0 Å². The largest absolute Gasteiger partial charge is 0.425 e. The van der Waals surface area contributed by atoms with Crippen LogP contribution in [0.3, 0.4) is 0 Å². The number of nitro groups is 1. The van der Waals surface area contributed by atoms with Crippen LogP contribution in [0.4, 0.5) is 10.1 Å². The van der Waals surface area contributed by atoms with Crippen molar-refractivity contribution in [2.45, 2.75) is 0 Å². The average molecular weight is 235 g/mol. The Hall–Kier alpha value is -1.46. The minimum Gasteiger partial charge on any atom is -0.425 e. The van der Waals surface area contributed by atoms with Gasteiger partial charge in [0, 0.05) is 18.8 Å². The van der Waals surface area contributed by atoms with Gasteiger partial charge < -0.3 is 9.42 Å². The van der Waals surface area contributed by atoms with Crippen LogP contribution in [0.15, 0.2) is 18.2 Å². The third-order valence-electron chi connectivity index (χ3n) is 1.39. The standard InChI is InChI=1S/C7H7FNO5P/c1-15(12,13)14-5-2-3-7(9(10)11)6(8)4-5/h2-4H,1H3,(H,12,13). The van der Waals surface area contributed by atoms with E-state index in [2.05, 4.69) is 4.52 Å². The highest BCUT2D eigenvalue weighted by atomic mass is 31.2. The summed E-state index contributed by atoms with van der Waals surface area (Å²) in [5, 5.41) is 10.2. The zero-order chi connectivity index (χ0) is 11.6. The van der Waals surface area contributed by atoms with E-state index in [-0.39, 0.29) is 5.75 Å². The van der Waals surface area contributed by atoms with E-state index in [0.29, 0.717) is 6.07 Å². The first-order chi connectivity index (χ1) is 6.79. The van der Waals surface area contributed by atoms with Gasteiger partial charge in [0.05, 0.1) is 4.92 Å². The van der Waals surface area contributed by atoms with Gasteiger partial charge in [-0.05, 0) is 6.07 Å². The molecule has 0 saturated heterocycles. The maximum absolute atomic E-state index is 13.0. The van der Waals surface area contributed by atoms with Gasteiger partial charge in [0.2, 0.25) is 5.82 Å². The second-order valence-corrected chi connectivity index (χ2v) is 4.55. The molecule has 82 valence electrons. The van der Waals surface area contributed by atoms with Crippen molar-refractivity contribution in [3.63, 3.8) is 0 Å². The first kappa shape index (κ1) is 11.6. The number of rotatable bonds is 3. The van der Waals surface area contributed by atoms with Crippen molar-refractivity contribution in [2.24, 2.45) is 0 Å². The molecule has 0 fully saturated rings. The van der Waals surface area contributed by atoms with E-state index in [1.165, 1.54) is 0 Å². The molecule has 1 rings (SSSR count). The zero-order valence-corrected chi connectivity index (χ0v) is 8.48. The molecule has 1 unspecified atom stereocenters. The van der Waals surface area contributed by atoms with Gasteiger partial charge in [-0.3, -0.25) is 10.1 Å². The summed E-state index contributed by atoms with van der Waals surface area (Å²) in [6, 6.07) is 2.60. The van der Waals surface area contributed by atoms with E-state index < -0.39 is 24.0 Å². The molecule has 0 bridgehead atoms. The Morgan fingerprint density at radius 3 is 2.60 bits per heavy atom. The highest BCUT2D eigenvalue weighted by molar-refractivity contribution is 7.52. The second-order valence-electron chi connectivity index (χ2n) is 2.76. The molecule has 8 heteroatoms. The normalized spacial score (nSPS) is 14.3. The minimum atomic E-state index is -3.78. The zero-order valence-electron chi connectivity index (χ0n) is 7.58. The molecule has 15 heavy (non-hydrogen) atoms. The number of hydrogen-bond donors (Lipinski definition) is 1. The predicted octanol–water partition coefficient (Wildman–Crippen LogP) is 1.93. The Balaban J connectivity index is 3.02. The lowest BCUT2D eigenvalue weighted by Gasteiger charge is -2.07. The molecular formula is C7H7FNO5P. The minimum absolute atomic E-state index is 0.230. The third-order valence-corrected chi connectivity index (χ3v) is 1.94. The van der Waals surface area contributed by atoms with E-state index in [4.69, 9.17) is 4.89 Å². The lowest BCUT2D eigenvalue weighted by atomic mass is 10.3. The monoisotopic (exact) mass is 235 g/mol. The van der Waals surface area contributed by atoms with Crippen molar-refractivity contribution in [2.75, 3.05) is 6.66 Å². The van der Waals surface area contributed by atoms with Gasteiger partial charge in [-0.1, -0.05) is 0 Å². The summed E-state index contributed by atoms with van der Waals surface area (Å²) in [7, 11) is -3.78. The maximum atomic E-state index is 13.0. The molecule has 0 aliphatic rings. The average Bonchev–Trinajstić information content (AvgIpc) is 1.99. The van der Waals surface area contributed by atoms with Crippen LogP contribution in [0.1, 0.15) is 0 Å². The fraction of sp³-hybridized carbons (Fsp3) is 0.143. The Labute approximate surface area is 84.0 Å². The van der Waals surface area contributed by atoms with Crippen molar-refractivity contribution in [3.05, 3.63) is 34.1 Å². The molecule has 0 spiro atoms. The fourth-order valence-corrected chi connectivity index (χ4v) is 1.39. The Morgan fingerprint density at radius 2 is 2.20 bits per heavy atom. The van der Waals surface area contributed by atoms with Gasteiger partial charge in [0.1, 0.15) is 5.75 Å². The highest BCUT2D eigenvalue weighted by Gasteiger charge is 2.17. The summed E-state index contributed by atoms with van der Waals surface area (Å²) >= 11 is 0. The molecule has 0 heterocycles. The van der Waals surface area contributed by atoms with E-state index in [1.54, 1.807) is 0 Å². The van der Waals surface area contributed by atoms with Gasteiger partial charge in [-0.2, -0.15) is 4.39 Å². The molecule has 1 aromatic rings. The first-order valence-electron chi connectivity index (χ1n) is 3.73. The van der Waals surface area contributed by atoms with Crippen LogP contribution in [0, 0.1) is 15.9 Å². The van der Waals surface area contributed by atoms with Crippen molar-refractivity contribution < 1.29 is 23.3 Å². The molecular weight excluding hydrogens is 228 g/mol. The lowest BCUT2D eigenvalue weighted by Crippen LogP contribution is -1.94. The number of halogens is 1. The van der Waals surface area contributed by atoms with E-state index in [1.807, 2.05) is 0 Å². The molecule has 0 aliphatic carbocycles. The van der Waals surface area contributed by atoms with Crippen molar-refractivity contribution >= 4 is 13.3 Å². The Morgan fingerprint density at radius 1 is 1.60 bits per heavy atom. The maximum Gasteiger partial charge on any atom is 0.373 e. The molecule has 0 aromatic heterocycles. The molecule has 0 radical (unpaired) electrons. The smallest absolute Gasteiger partial charge is 0.373 e. The summed E-state index contributed by atoms with van der Waals surface area (Å²) in [5.41, 5.74) is -0.716. The van der Waals surface area contributed by atoms with Crippen molar-refractivity contribution in [1.29, 1.82) is 0 Å². The summed E-state index contributed by atoms with van der Waals surface area (Å²) in [4.78, 5) is 18.2. The van der Waals surface area contributed by atoms with E-state index in [9.17, 15) is 19.1 Å². The van der Waals surface area contributed by atoms with E-state index in [0.717, 1.165) is 18.8 Å². The summed E-state index contributed by atoms with van der Waals surface area (Å²) in [5.74, 6) is -1.35. The molecule has 6 nitrogen and oxygen atoms in total. The molecule has 1 atom stereocenters. The first-order valence-corrected chi connectivity index (χ1v) is 5.76. The van der Waals surface area contributed by atoms with Crippen LogP contribution in [0.25, 0.3) is 0 Å². The van der Waals surface area contributed by atoms with Gasteiger partial charge in [-0.25, -0.2) is 4.57 Å². The van der Waals surface area contributed by atoms with Gasteiger partial charge in [0.15, 0.2) is 0 Å². The summed E-state index contributed by atoms with van der Waals surface area (Å²) in [6.45, 7) is 0.923. The van der Waals surface area contributed by atoms with Crippen LogP contribution in [-0.2, 0) is 4.57 Å². The molecule has 1 N–H and O–H groups in total. The second kappa shape index (κ2) is 3.96. The molecule has 1 aromatic carbocycles. The van der Waals surface area contributed by atoms with Gasteiger partial charge >= 0.3 is 13.3 Å². The fourth-order valence-electron chi connectivity index (χ4n) is 0.888. The van der Waals surface area contributed by atoms with Crippen LogP contribution in [0.5, 0.6) is 5.75 Å². The summed E-state index contributed by atoms with van der Waals surface area (Å²) in [6.07, 6.45) is 0. The third kappa shape index (κ3) is 3.30. The van der Waals surface area contributed by atoms with Crippen molar-refractivity contribution in [1.82, 2.24) is 0 Å². The van der Waals surface area contributed by atoms with Crippen LogP contribution >= 0.6 is 7.60 Å². The number of nitrogens with zero attached hydrogens (tertiary/aromatic N) is 1. The molecule has 0 saturated carbocycles. The Bertz CT molecular complexity index is 443. The number of hydrogen-bond acceptors (Lipinski definition) is 4. The van der Waals surface area contributed by atoms with E-state index >= 15 is 0 Å². The number of benzene rings is 1. The SMILES string of the molecule is CP(=O)(O)Oc1ccc([N+](=O)[O-])c(F)c1. The van der Waals surface area contributed by atoms with Crippen LogP contribution in [-0.4, -0.2) is 16.5 Å². The quantitative estimate of drug-likeness (QED) is 0.491. The van der Waals surface area contributed by atoms with Crippen LogP contribution < -0.4 is 4.52 Å². The van der Waals surface area contributed by atoms with Gasteiger partial charge in [-0.15, -0.1) is 0 Å². The van der Waals surface area contributed by atoms with Crippen molar-refractivity contribution in [3.8, 4) is 5.75 Å². The van der Waals surface area contributed by atoms with Gasteiger partial charge in [0.25, 0.3) is 0 Å². The summed E-state index contributed by atoms with van der Waals surface area (Å²) < 4.78 is 28.2. The highest BCUT2D eigenvalue weighted by Crippen LogP contribution is 2.38. The lowest BCUT2D eigenvalue weighted by molar-refractivity contribution is -0.387.